The van der Waals surface area contributed by atoms with E-state index in [4.69, 9.17) is 0 Å². The number of alkyl halides is 6. The minimum atomic E-state index is -4.45. The number of ketones is 1. The number of carbonyl (C=O) groups is 2. The minimum absolute atomic E-state index is 0.202. The monoisotopic (exact) mass is 575 g/mol. The van der Waals surface area contributed by atoms with E-state index in [0.717, 1.165) is 43.1 Å². The Morgan fingerprint density at radius 3 is 2.22 bits per heavy atom. The average molecular weight is 576 g/mol. The fraction of sp³-hybridized carbons (Fsp3) is 0.300. The largest absolute Gasteiger partial charge is 0.416 e. The molecule has 41 heavy (non-hydrogen) atoms. The Hall–Kier alpha value is -4.15. The third kappa shape index (κ3) is 6.61. The summed E-state index contributed by atoms with van der Waals surface area (Å²) in [7, 11) is 0. The lowest BCUT2D eigenvalue weighted by molar-refractivity contribution is -0.137. The Labute approximate surface area is 232 Å². The van der Waals surface area contributed by atoms with Gasteiger partial charge in [0.15, 0.2) is 11.5 Å². The number of hydrogen-bond acceptors (Lipinski definition) is 3. The first kappa shape index (κ1) is 29.8. The maximum absolute atomic E-state index is 13.8. The normalized spacial score (nSPS) is 12.2. The highest BCUT2D eigenvalue weighted by Crippen LogP contribution is 2.33. The van der Waals surface area contributed by atoms with Crippen LogP contribution in [0.25, 0.3) is 22.2 Å². The zero-order chi connectivity index (χ0) is 30.1. The van der Waals surface area contributed by atoms with E-state index < -0.39 is 41.2 Å². The Balaban J connectivity index is 1.61. The maximum Gasteiger partial charge on any atom is 0.416 e. The molecule has 0 saturated carbocycles. The number of benzene rings is 2. The van der Waals surface area contributed by atoms with Gasteiger partial charge in [-0.3, -0.25) is 14.6 Å². The van der Waals surface area contributed by atoms with Crippen molar-refractivity contribution < 1.29 is 35.9 Å². The molecule has 4 rings (SSSR count). The molecule has 2 heterocycles. The number of rotatable bonds is 9. The van der Waals surface area contributed by atoms with Gasteiger partial charge in [0.05, 0.1) is 5.56 Å². The van der Waals surface area contributed by atoms with Crippen molar-refractivity contribution in [2.75, 3.05) is 0 Å². The van der Waals surface area contributed by atoms with Crippen LogP contribution in [0.2, 0.25) is 0 Å². The number of nitrogens with one attached hydrogen (secondary N) is 1. The number of halogens is 6. The molecule has 0 bridgehead atoms. The van der Waals surface area contributed by atoms with Gasteiger partial charge in [0.1, 0.15) is 5.69 Å². The molecule has 4 aromatic rings. The Bertz CT molecular complexity index is 1590. The number of Topliss-reactive ketones (excluding diaryl/α,β-unsaturated/α-hetero) is 1. The van der Waals surface area contributed by atoms with Crippen molar-refractivity contribution in [3.05, 3.63) is 88.7 Å². The highest BCUT2D eigenvalue weighted by Gasteiger charge is 2.30. The van der Waals surface area contributed by atoms with Crippen molar-refractivity contribution in [1.29, 1.82) is 0 Å². The number of aromatic nitrogens is 2. The summed E-state index contributed by atoms with van der Waals surface area (Å²) >= 11 is 0. The van der Waals surface area contributed by atoms with E-state index >= 15 is 0 Å². The molecule has 0 atom stereocenters. The summed E-state index contributed by atoms with van der Waals surface area (Å²) in [6.07, 6.45) is -6.59. The topological polar surface area (TPSA) is 64.0 Å². The molecule has 0 unspecified atom stereocenters. The van der Waals surface area contributed by atoms with Gasteiger partial charge in [-0.15, -0.1) is 0 Å². The Kier molecular flexibility index (Phi) is 8.28. The van der Waals surface area contributed by atoms with E-state index in [9.17, 15) is 35.9 Å². The molecule has 1 amide bonds. The van der Waals surface area contributed by atoms with Crippen LogP contribution in [0, 0.1) is 0 Å². The van der Waals surface area contributed by atoms with Gasteiger partial charge in [0, 0.05) is 47.9 Å². The van der Waals surface area contributed by atoms with Crippen LogP contribution in [-0.4, -0.2) is 26.9 Å². The molecular formula is C30H27F6N3O2. The fourth-order valence-electron chi connectivity index (χ4n) is 4.53. The number of fused-ring (bicyclic) bond motifs is 1. The van der Waals surface area contributed by atoms with E-state index in [2.05, 4.69) is 10.3 Å². The maximum atomic E-state index is 13.8. The van der Waals surface area contributed by atoms with Crippen molar-refractivity contribution in [3.63, 3.8) is 0 Å². The second-order valence-corrected chi connectivity index (χ2v) is 10.1. The Morgan fingerprint density at radius 1 is 0.951 bits per heavy atom. The molecule has 0 radical (unpaired) electrons. The standard InChI is InChI=1S/C30H27F6N3O2/c1-4-39-23-10-5-17(11-20(23)14-24(39)19-6-8-21(9-7-19)30(34,35)36)13-25(40)22-12-18(15-37-26(22)27(31)32)16-38-28(41)29(2,3)33/h5-12,14-15,27H,4,13,16H2,1-3H3,(H,38,41). The van der Waals surface area contributed by atoms with Gasteiger partial charge in [-0.2, -0.15) is 13.2 Å². The number of nitrogens with zero attached hydrogens (tertiary/aromatic N) is 2. The van der Waals surface area contributed by atoms with Crippen molar-refractivity contribution >= 4 is 22.6 Å². The third-order valence-electron chi connectivity index (χ3n) is 6.63. The van der Waals surface area contributed by atoms with E-state index in [0.29, 0.717) is 23.4 Å². The van der Waals surface area contributed by atoms with Gasteiger partial charge < -0.3 is 9.88 Å². The first-order chi connectivity index (χ1) is 19.2. The van der Waals surface area contributed by atoms with Crippen LogP contribution in [0.4, 0.5) is 26.3 Å². The second kappa shape index (κ2) is 11.4. The zero-order valence-electron chi connectivity index (χ0n) is 22.5. The number of carbonyl (C=O) groups excluding carboxylic acids is 2. The van der Waals surface area contributed by atoms with Gasteiger partial charge in [0.25, 0.3) is 12.3 Å². The smallest absolute Gasteiger partial charge is 0.349 e. The summed E-state index contributed by atoms with van der Waals surface area (Å²) in [5, 5.41) is 3.08. The molecule has 0 aliphatic heterocycles. The molecule has 0 saturated heterocycles. The predicted molar refractivity (Wildman–Crippen MR) is 142 cm³/mol. The molecule has 0 spiro atoms. The SMILES string of the molecule is CCn1c(-c2ccc(C(F)(F)F)cc2)cc2cc(CC(=O)c3cc(CNC(=O)C(C)(C)F)cnc3C(F)F)ccc21. The van der Waals surface area contributed by atoms with Crippen molar-refractivity contribution in [3.8, 4) is 11.3 Å². The third-order valence-corrected chi connectivity index (χ3v) is 6.63. The number of aryl methyl sites for hydroxylation is 1. The van der Waals surface area contributed by atoms with Crippen LogP contribution in [-0.2, 0) is 30.5 Å². The van der Waals surface area contributed by atoms with Gasteiger partial charge in [-0.25, -0.2) is 13.2 Å². The summed E-state index contributed by atoms with van der Waals surface area (Å²) in [5.74, 6) is -1.52. The van der Waals surface area contributed by atoms with Crippen molar-refractivity contribution in [1.82, 2.24) is 14.9 Å². The van der Waals surface area contributed by atoms with Gasteiger partial charge in [-0.05, 0) is 73.9 Å². The minimum Gasteiger partial charge on any atom is -0.349 e. The highest BCUT2D eigenvalue weighted by molar-refractivity contribution is 5.99. The van der Waals surface area contributed by atoms with Gasteiger partial charge >= 0.3 is 6.18 Å². The van der Waals surface area contributed by atoms with Crippen LogP contribution in [0.5, 0.6) is 0 Å². The molecule has 5 nitrogen and oxygen atoms in total. The van der Waals surface area contributed by atoms with Crippen LogP contribution >= 0.6 is 0 Å². The fourth-order valence-corrected chi connectivity index (χ4v) is 4.53. The lowest BCUT2D eigenvalue weighted by Gasteiger charge is -2.15. The summed E-state index contributed by atoms with van der Waals surface area (Å²) in [6.45, 7) is 4.38. The number of pyridine rings is 1. The van der Waals surface area contributed by atoms with Crippen LogP contribution < -0.4 is 5.32 Å². The van der Waals surface area contributed by atoms with E-state index in [1.807, 2.05) is 11.5 Å². The molecule has 0 aliphatic carbocycles. The first-order valence-corrected chi connectivity index (χ1v) is 12.8. The van der Waals surface area contributed by atoms with Gasteiger partial charge in [-0.1, -0.05) is 18.2 Å². The zero-order valence-corrected chi connectivity index (χ0v) is 22.5. The lowest BCUT2D eigenvalue weighted by atomic mass is 9.99. The molecule has 1 N–H and O–H groups in total. The summed E-state index contributed by atoms with van der Waals surface area (Å²) in [5.41, 5.74) is -1.03. The summed E-state index contributed by atoms with van der Waals surface area (Å²) < 4.78 is 82.1. The van der Waals surface area contributed by atoms with E-state index in [1.165, 1.54) is 18.2 Å². The van der Waals surface area contributed by atoms with Crippen LogP contribution in [0.15, 0.2) is 60.8 Å². The van der Waals surface area contributed by atoms with Crippen molar-refractivity contribution in [2.24, 2.45) is 0 Å². The summed E-state index contributed by atoms with van der Waals surface area (Å²) in [4.78, 5) is 28.7. The molecule has 11 heteroatoms. The number of hydrogen-bond donors (Lipinski definition) is 1. The van der Waals surface area contributed by atoms with E-state index in [-0.39, 0.29) is 24.1 Å². The lowest BCUT2D eigenvalue weighted by Crippen LogP contribution is -2.38. The molecule has 2 aromatic carbocycles. The predicted octanol–water partition coefficient (Wildman–Crippen LogP) is 7.47. The van der Waals surface area contributed by atoms with Crippen LogP contribution in [0.3, 0.4) is 0 Å². The molecule has 0 fully saturated rings. The average Bonchev–Trinajstić information content (AvgIpc) is 3.28. The van der Waals surface area contributed by atoms with Crippen molar-refractivity contribution in [2.45, 2.75) is 58.6 Å². The molecule has 0 aliphatic rings. The van der Waals surface area contributed by atoms with E-state index in [1.54, 1.807) is 24.3 Å². The van der Waals surface area contributed by atoms with Crippen LogP contribution in [0.1, 0.15) is 59.9 Å². The molecule has 216 valence electrons. The number of amides is 1. The molecule has 2 aromatic heterocycles. The molecular weight excluding hydrogens is 548 g/mol. The second-order valence-electron chi connectivity index (χ2n) is 10.1. The summed E-state index contributed by atoms with van der Waals surface area (Å²) in [6, 6.07) is 13.0. The van der Waals surface area contributed by atoms with Gasteiger partial charge in [0.2, 0.25) is 0 Å². The first-order valence-electron chi connectivity index (χ1n) is 12.8. The Morgan fingerprint density at radius 2 is 1.63 bits per heavy atom. The highest BCUT2D eigenvalue weighted by atomic mass is 19.4. The quantitative estimate of drug-likeness (QED) is 0.166.